The van der Waals surface area contributed by atoms with Crippen LogP contribution in [0, 0.1) is 0 Å². The molecular weight excluding hydrogens is 377 g/mol. The SMILES string of the molecule is CCN1CCCC1CNCc1ccc2c(c1)c1ccccc1n2CC.Cl.Cl. The minimum atomic E-state index is 0. The van der Waals surface area contributed by atoms with Crippen molar-refractivity contribution in [3.63, 3.8) is 0 Å². The first-order valence-electron chi connectivity index (χ1n) is 9.76. The molecule has 0 amide bonds. The van der Waals surface area contributed by atoms with Crippen LogP contribution in [0.1, 0.15) is 32.3 Å². The maximum Gasteiger partial charge on any atom is 0.0491 e. The number of aromatic nitrogens is 1. The van der Waals surface area contributed by atoms with E-state index in [0.717, 1.165) is 25.7 Å². The number of fused-ring (bicyclic) bond motifs is 3. The molecule has 1 aliphatic heterocycles. The second-order valence-electron chi connectivity index (χ2n) is 7.17. The van der Waals surface area contributed by atoms with Gasteiger partial charge in [-0.25, -0.2) is 0 Å². The Balaban J connectivity index is 0.00000131. The predicted molar refractivity (Wildman–Crippen MR) is 122 cm³/mol. The summed E-state index contributed by atoms with van der Waals surface area (Å²) in [5.41, 5.74) is 4.07. The van der Waals surface area contributed by atoms with Gasteiger partial charge in [0.2, 0.25) is 0 Å². The number of likely N-dealkylation sites (N-methyl/N-ethyl adjacent to an activating group) is 1. The fourth-order valence-electron chi connectivity index (χ4n) is 4.48. The molecule has 1 unspecified atom stereocenters. The van der Waals surface area contributed by atoms with Crippen LogP contribution in [0.3, 0.4) is 0 Å². The highest BCUT2D eigenvalue weighted by Crippen LogP contribution is 2.29. The number of rotatable bonds is 6. The average molecular weight is 408 g/mol. The van der Waals surface area contributed by atoms with E-state index < -0.39 is 0 Å². The molecule has 1 aromatic heterocycles. The van der Waals surface area contributed by atoms with Gasteiger partial charge >= 0.3 is 0 Å². The maximum atomic E-state index is 3.69. The summed E-state index contributed by atoms with van der Waals surface area (Å²) in [5, 5.41) is 6.44. The number of para-hydroxylation sites is 1. The zero-order valence-corrected chi connectivity index (χ0v) is 17.9. The molecule has 1 fully saturated rings. The quantitative estimate of drug-likeness (QED) is 0.603. The van der Waals surface area contributed by atoms with Gasteiger partial charge in [0.1, 0.15) is 0 Å². The highest BCUT2D eigenvalue weighted by Gasteiger charge is 2.22. The van der Waals surface area contributed by atoms with Crippen LogP contribution in [-0.2, 0) is 13.1 Å². The summed E-state index contributed by atoms with van der Waals surface area (Å²) >= 11 is 0. The van der Waals surface area contributed by atoms with Crippen LogP contribution in [0.25, 0.3) is 21.8 Å². The van der Waals surface area contributed by atoms with E-state index in [1.807, 2.05) is 0 Å². The van der Waals surface area contributed by atoms with E-state index in [1.165, 1.54) is 53.3 Å². The van der Waals surface area contributed by atoms with Crippen molar-refractivity contribution < 1.29 is 0 Å². The monoisotopic (exact) mass is 407 g/mol. The van der Waals surface area contributed by atoms with E-state index in [-0.39, 0.29) is 24.8 Å². The molecule has 2 heterocycles. The van der Waals surface area contributed by atoms with Gasteiger partial charge < -0.3 is 9.88 Å². The van der Waals surface area contributed by atoms with E-state index in [1.54, 1.807) is 0 Å². The lowest BCUT2D eigenvalue weighted by atomic mass is 10.1. The lowest BCUT2D eigenvalue weighted by molar-refractivity contribution is 0.260. The minimum absolute atomic E-state index is 0. The molecule has 3 nitrogen and oxygen atoms in total. The van der Waals surface area contributed by atoms with Gasteiger partial charge in [0.25, 0.3) is 0 Å². The van der Waals surface area contributed by atoms with Gasteiger partial charge in [0.15, 0.2) is 0 Å². The summed E-state index contributed by atoms with van der Waals surface area (Å²) in [6.45, 7) is 10.0. The zero-order valence-electron chi connectivity index (χ0n) is 16.3. The first kappa shape index (κ1) is 22.0. The molecule has 4 rings (SSSR count). The third-order valence-electron chi connectivity index (χ3n) is 5.77. The van der Waals surface area contributed by atoms with Crippen LogP contribution in [0.2, 0.25) is 0 Å². The van der Waals surface area contributed by atoms with E-state index in [0.29, 0.717) is 0 Å². The molecular formula is C22H31Cl2N3. The van der Waals surface area contributed by atoms with Crippen molar-refractivity contribution in [1.29, 1.82) is 0 Å². The average Bonchev–Trinajstić information content (AvgIpc) is 3.23. The van der Waals surface area contributed by atoms with E-state index in [2.05, 4.69) is 71.1 Å². The molecule has 0 radical (unpaired) electrons. The van der Waals surface area contributed by atoms with Crippen LogP contribution in [0.4, 0.5) is 0 Å². The smallest absolute Gasteiger partial charge is 0.0491 e. The summed E-state index contributed by atoms with van der Waals surface area (Å²) in [6, 6.07) is 16.4. The number of benzene rings is 2. The third kappa shape index (κ3) is 4.27. The number of nitrogens with one attached hydrogen (secondary N) is 1. The van der Waals surface area contributed by atoms with Crippen molar-refractivity contribution in [2.75, 3.05) is 19.6 Å². The second-order valence-corrected chi connectivity index (χ2v) is 7.17. The van der Waals surface area contributed by atoms with E-state index in [9.17, 15) is 0 Å². The Kier molecular flexibility index (Phi) is 7.99. The van der Waals surface area contributed by atoms with Crippen molar-refractivity contribution in [3.8, 4) is 0 Å². The van der Waals surface area contributed by atoms with Crippen molar-refractivity contribution in [3.05, 3.63) is 48.0 Å². The van der Waals surface area contributed by atoms with Crippen molar-refractivity contribution in [1.82, 2.24) is 14.8 Å². The Labute approximate surface area is 174 Å². The highest BCUT2D eigenvalue weighted by atomic mass is 35.5. The largest absolute Gasteiger partial charge is 0.341 e. The van der Waals surface area contributed by atoms with Gasteiger partial charge in [-0.05, 0) is 56.6 Å². The lowest BCUT2D eigenvalue weighted by Gasteiger charge is -2.23. The number of nitrogens with zero attached hydrogens (tertiary/aromatic N) is 2. The van der Waals surface area contributed by atoms with Crippen molar-refractivity contribution in [2.24, 2.45) is 0 Å². The van der Waals surface area contributed by atoms with Gasteiger partial charge in [-0.1, -0.05) is 31.2 Å². The number of halogens is 2. The first-order valence-corrected chi connectivity index (χ1v) is 9.76. The molecule has 2 aromatic carbocycles. The topological polar surface area (TPSA) is 20.2 Å². The van der Waals surface area contributed by atoms with Crippen LogP contribution in [0.15, 0.2) is 42.5 Å². The Morgan fingerprint density at radius 3 is 2.52 bits per heavy atom. The molecule has 3 aromatic rings. The summed E-state index contributed by atoms with van der Waals surface area (Å²) in [7, 11) is 0. The number of aryl methyl sites for hydroxylation is 1. The van der Waals surface area contributed by atoms with Crippen LogP contribution in [-0.4, -0.2) is 35.1 Å². The molecule has 0 bridgehead atoms. The van der Waals surface area contributed by atoms with E-state index in [4.69, 9.17) is 0 Å². The summed E-state index contributed by atoms with van der Waals surface area (Å²) < 4.78 is 2.42. The summed E-state index contributed by atoms with van der Waals surface area (Å²) in [5.74, 6) is 0. The molecule has 0 saturated carbocycles. The van der Waals surface area contributed by atoms with Gasteiger partial charge in [-0.15, -0.1) is 24.8 Å². The van der Waals surface area contributed by atoms with Crippen molar-refractivity contribution in [2.45, 2.75) is 45.8 Å². The van der Waals surface area contributed by atoms with Gasteiger partial charge in [0.05, 0.1) is 0 Å². The fourth-order valence-corrected chi connectivity index (χ4v) is 4.48. The fraction of sp³-hybridized carbons (Fsp3) is 0.455. The first-order chi connectivity index (χ1) is 12.3. The molecule has 1 N–H and O–H groups in total. The predicted octanol–water partition coefficient (Wildman–Crippen LogP) is 5.23. The zero-order chi connectivity index (χ0) is 17.2. The van der Waals surface area contributed by atoms with Gasteiger partial charge in [-0.2, -0.15) is 0 Å². The molecule has 1 saturated heterocycles. The van der Waals surface area contributed by atoms with Gasteiger partial charge in [0, 0.05) is 47.5 Å². The number of hydrogen-bond donors (Lipinski definition) is 1. The lowest BCUT2D eigenvalue weighted by Crippen LogP contribution is -2.37. The molecule has 5 heteroatoms. The normalized spacial score (nSPS) is 17.2. The Bertz CT molecular complexity index is 874. The second kappa shape index (κ2) is 9.79. The summed E-state index contributed by atoms with van der Waals surface area (Å²) in [6.07, 6.45) is 2.69. The molecule has 0 spiro atoms. The highest BCUT2D eigenvalue weighted by molar-refractivity contribution is 6.08. The Morgan fingerprint density at radius 2 is 1.74 bits per heavy atom. The summed E-state index contributed by atoms with van der Waals surface area (Å²) in [4.78, 5) is 2.60. The maximum absolute atomic E-state index is 3.69. The minimum Gasteiger partial charge on any atom is -0.341 e. The molecule has 1 atom stereocenters. The molecule has 27 heavy (non-hydrogen) atoms. The van der Waals surface area contributed by atoms with Crippen molar-refractivity contribution >= 4 is 46.6 Å². The van der Waals surface area contributed by atoms with Crippen LogP contribution < -0.4 is 5.32 Å². The Morgan fingerprint density at radius 1 is 0.963 bits per heavy atom. The molecule has 0 aliphatic carbocycles. The standard InChI is InChI=1S/C22H29N3.2ClH/c1-3-24-13-7-8-18(24)16-23-15-17-11-12-22-20(14-17)19-9-5-6-10-21(19)25(22)4-2;;/h5-6,9-12,14,18,23H,3-4,7-8,13,15-16H2,1-2H3;2*1H. The third-order valence-corrected chi connectivity index (χ3v) is 5.77. The Hall–Kier alpha value is -1.26. The van der Waals surface area contributed by atoms with Gasteiger partial charge in [-0.3, -0.25) is 4.90 Å². The number of likely N-dealkylation sites (tertiary alicyclic amines) is 1. The molecule has 1 aliphatic rings. The molecule has 148 valence electrons. The number of hydrogen-bond acceptors (Lipinski definition) is 2. The van der Waals surface area contributed by atoms with Crippen LogP contribution >= 0.6 is 24.8 Å². The van der Waals surface area contributed by atoms with E-state index >= 15 is 0 Å². The van der Waals surface area contributed by atoms with Crippen LogP contribution in [0.5, 0.6) is 0 Å².